The fraction of sp³-hybridized carbons (Fsp3) is 0.467. The number of aromatic nitrogens is 1. The topological polar surface area (TPSA) is 4.93 Å². The van der Waals surface area contributed by atoms with Crippen molar-refractivity contribution in [2.24, 2.45) is 0 Å². The van der Waals surface area contributed by atoms with Gasteiger partial charge in [0.25, 0.3) is 0 Å². The summed E-state index contributed by atoms with van der Waals surface area (Å²) in [7, 11) is 0. The zero-order valence-corrected chi connectivity index (χ0v) is 11.2. The molecule has 2 heteroatoms. The summed E-state index contributed by atoms with van der Waals surface area (Å²) in [4.78, 5) is 0. The molecule has 0 saturated heterocycles. The molecule has 0 unspecified atom stereocenters. The van der Waals surface area contributed by atoms with E-state index in [9.17, 15) is 0 Å². The first-order valence-electron chi connectivity index (χ1n) is 6.56. The number of aryl methyl sites for hydroxylation is 1. The van der Waals surface area contributed by atoms with Crippen LogP contribution in [0.15, 0.2) is 30.5 Å². The SMILES string of the molecule is CCCCCCCn1ccc2cccc(Cl)c21. The number of halogens is 1. The van der Waals surface area contributed by atoms with Gasteiger partial charge in [0.15, 0.2) is 0 Å². The van der Waals surface area contributed by atoms with Crippen LogP contribution in [-0.4, -0.2) is 4.57 Å². The second-order valence-electron chi connectivity index (χ2n) is 4.60. The van der Waals surface area contributed by atoms with Crippen molar-refractivity contribution in [1.82, 2.24) is 4.57 Å². The number of hydrogen-bond acceptors (Lipinski definition) is 0. The van der Waals surface area contributed by atoms with Crippen LogP contribution in [0.4, 0.5) is 0 Å². The minimum absolute atomic E-state index is 0.862. The Morgan fingerprint density at radius 3 is 2.71 bits per heavy atom. The predicted molar refractivity (Wildman–Crippen MR) is 75.7 cm³/mol. The highest BCUT2D eigenvalue weighted by atomic mass is 35.5. The van der Waals surface area contributed by atoms with Crippen molar-refractivity contribution >= 4 is 22.5 Å². The average Bonchev–Trinajstić information content (AvgIpc) is 2.74. The molecule has 0 saturated carbocycles. The van der Waals surface area contributed by atoms with Crippen LogP contribution < -0.4 is 0 Å². The van der Waals surface area contributed by atoms with Crippen LogP contribution in [-0.2, 0) is 6.54 Å². The molecule has 0 bridgehead atoms. The molecule has 0 radical (unpaired) electrons. The van der Waals surface area contributed by atoms with Crippen LogP contribution in [0.2, 0.25) is 5.02 Å². The van der Waals surface area contributed by atoms with Gasteiger partial charge in [0, 0.05) is 18.1 Å². The van der Waals surface area contributed by atoms with Crippen LogP contribution in [0.1, 0.15) is 39.0 Å². The Bertz CT molecular complexity index is 473. The maximum Gasteiger partial charge on any atom is 0.0669 e. The Labute approximate surface area is 108 Å². The summed E-state index contributed by atoms with van der Waals surface area (Å²) >= 11 is 6.25. The molecule has 1 heterocycles. The molecule has 17 heavy (non-hydrogen) atoms. The van der Waals surface area contributed by atoms with Crippen molar-refractivity contribution in [2.75, 3.05) is 0 Å². The van der Waals surface area contributed by atoms with Crippen molar-refractivity contribution in [2.45, 2.75) is 45.6 Å². The van der Waals surface area contributed by atoms with E-state index in [4.69, 9.17) is 11.6 Å². The van der Waals surface area contributed by atoms with E-state index in [0.717, 1.165) is 11.6 Å². The minimum atomic E-state index is 0.862. The van der Waals surface area contributed by atoms with Gasteiger partial charge in [-0.3, -0.25) is 0 Å². The van der Waals surface area contributed by atoms with Crippen LogP contribution in [0.3, 0.4) is 0 Å². The maximum absolute atomic E-state index is 6.25. The van der Waals surface area contributed by atoms with Crippen molar-refractivity contribution in [3.8, 4) is 0 Å². The van der Waals surface area contributed by atoms with Crippen LogP contribution in [0, 0.1) is 0 Å². The normalized spacial score (nSPS) is 11.2. The lowest BCUT2D eigenvalue weighted by molar-refractivity contribution is 0.577. The summed E-state index contributed by atoms with van der Waals surface area (Å²) in [5, 5.41) is 2.10. The Balaban J connectivity index is 1.99. The number of hydrogen-bond donors (Lipinski definition) is 0. The van der Waals surface area contributed by atoms with Gasteiger partial charge in [-0.1, -0.05) is 56.3 Å². The average molecular weight is 250 g/mol. The molecule has 0 aliphatic heterocycles. The first-order chi connectivity index (χ1) is 8.33. The van der Waals surface area contributed by atoms with Gasteiger partial charge in [-0.25, -0.2) is 0 Å². The van der Waals surface area contributed by atoms with E-state index in [0.29, 0.717) is 0 Å². The smallest absolute Gasteiger partial charge is 0.0669 e. The van der Waals surface area contributed by atoms with Gasteiger partial charge >= 0.3 is 0 Å². The van der Waals surface area contributed by atoms with Crippen molar-refractivity contribution in [3.63, 3.8) is 0 Å². The summed E-state index contributed by atoms with van der Waals surface area (Å²) in [6.07, 6.45) is 8.72. The third kappa shape index (κ3) is 3.04. The zero-order chi connectivity index (χ0) is 12.1. The molecule has 0 fully saturated rings. The first-order valence-corrected chi connectivity index (χ1v) is 6.94. The van der Waals surface area contributed by atoms with Crippen LogP contribution in [0.25, 0.3) is 10.9 Å². The van der Waals surface area contributed by atoms with Gasteiger partial charge in [0.1, 0.15) is 0 Å². The Morgan fingerprint density at radius 2 is 1.88 bits per heavy atom. The van der Waals surface area contributed by atoms with Crippen LogP contribution in [0.5, 0.6) is 0 Å². The second-order valence-corrected chi connectivity index (χ2v) is 5.01. The molecular formula is C15H20ClN. The molecular weight excluding hydrogens is 230 g/mol. The summed E-state index contributed by atoms with van der Waals surface area (Å²) in [6, 6.07) is 8.25. The Hall–Kier alpha value is -0.950. The van der Waals surface area contributed by atoms with Crippen molar-refractivity contribution in [1.29, 1.82) is 0 Å². The Morgan fingerprint density at radius 1 is 1.06 bits per heavy atom. The van der Waals surface area contributed by atoms with E-state index in [1.165, 1.54) is 43.0 Å². The zero-order valence-electron chi connectivity index (χ0n) is 10.5. The first kappa shape index (κ1) is 12.5. The van der Waals surface area contributed by atoms with E-state index < -0.39 is 0 Å². The molecule has 0 aliphatic carbocycles. The summed E-state index contributed by atoms with van der Waals surface area (Å²) in [5.41, 5.74) is 1.18. The monoisotopic (exact) mass is 249 g/mol. The van der Waals surface area contributed by atoms with Gasteiger partial charge in [-0.05, 0) is 18.6 Å². The molecule has 0 atom stereocenters. The predicted octanol–water partition coefficient (Wildman–Crippen LogP) is 5.27. The van der Waals surface area contributed by atoms with Crippen LogP contribution >= 0.6 is 11.6 Å². The standard InChI is InChI=1S/C15H20ClN/c1-2-3-4-5-6-11-17-12-10-13-8-7-9-14(16)15(13)17/h7-10,12H,2-6,11H2,1H3. The molecule has 2 aromatic rings. The number of fused-ring (bicyclic) bond motifs is 1. The van der Waals surface area contributed by atoms with Gasteiger partial charge in [-0.15, -0.1) is 0 Å². The molecule has 92 valence electrons. The van der Waals surface area contributed by atoms with Gasteiger partial charge < -0.3 is 4.57 Å². The lowest BCUT2D eigenvalue weighted by Gasteiger charge is -2.06. The highest BCUT2D eigenvalue weighted by molar-refractivity contribution is 6.35. The third-order valence-corrected chi connectivity index (χ3v) is 3.55. The number of rotatable bonds is 6. The third-order valence-electron chi connectivity index (χ3n) is 3.24. The van der Waals surface area contributed by atoms with E-state index in [2.05, 4.69) is 29.8 Å². The fourth-order valence-corrected chi connectivity index (χ4v) is 2.58. The molecule has 1 nitrogen and oxygen atoms in total. The minimum Gasteiger partial charge on any atom is -0.346 e. The summed E-state index contributed by atoms with van der Waals surface area (Å²) in [6.45, 7) is 3.33. The second kappa shape index (κ2) is 6.11. The number of unbranched alkanes of at least 4 members (excludes halogenated alkanes) is 4. The van der Waals surface area contributed by atoms with Gasteiger partial charge in [0.2, 0.25) is 0 Å². The fourth-order valence-electron chi connectivity index (χ4n) is 2.29. The largest absolute Gasteiger partial charge is 0.346 e. The van der Waals surface area contributed by atoms with E-state index >= 15 is 0 Å². The Kier molecular flexibility index (Phi) is 4.49. The van der Waals surface area contributed by atoms with E-state index in [1.807, 2.05) is 12.1 Å². The molecule has 2 rings (SSSR count). The maximum atomic E-state index is 6.25. The summed E-state index contributed by atoms with van der Waals surface area (Å²) in [5.74, 6) is 0. The van der Waals surface area contributed by atoms with Gasteiger partial charge in [0.05, 0.1) is 10.5 Å². The van der Waals surface area contributed by atoms with E-state index in [1.54, 1.807) is 0 Å². The molecule has 0 aliphatic rings. The highest BCUT2D eigenvalue weighted by Gasteiger charge is 2.04. The van der Waals surface area contributed by atoms with E-state index in [-0.39, 0.29) is 0 Å². The number of para-hydroxylation sites is 1. The summed E-state index contributed by atoms with van der Waals surface area (Å²) < 4.78 is 2.28. The van der Waals surface area contributed by atoms with Crippen molar-refractivity contribution < 1.29 is 0 Å². The molecule has 1 aromatic carbocycles. The number of benzene rings is 1. The highest BCUT2D eigenvalue weighted by Crippen LogP contribution is 2.24. The van der Waals surface area contributed by atoms with Gasteiger partial charge in [-0.2, -0.15) is 0 Å². The quantitative estimate of drug-likeness (QED) is 0.615. The molecule has 0 N–H and O–H groups in total. The lowest BCUT2D eigenvalue weighted by atomic mass is 10.1. The molecule has 0 spiro atoms. The van der Waals surface area contributed by atoms with Crippen molar-refractivity contribution in [3.05, 3.63) is 35.5 Å². The molecule has 1 aromatic heterocycles. The number of nitrogens with zero attached hydrogens (tertiary/aromatic N) is 1. The lowest BCUT2D eigenvalue weighted by Crippen LogP contribution is -1.96. The molecule has 0 amide bonds.